The van der Waals surface area contributed by atoms with Gasteiger partial charge in [0, 0.05) is 23.0 Å². The number of aromatic nitrogens is 3. The zero-order valence-corrected chi connectivity index (χ0v) is 16.1. The minimum Gasteiger partial charge on any atom is -0.322 e. The Bertz CT molecular complexity index is 1050. The van der Waals surface area contributed by atoms with Gasteiger partial charge in [0.05, 0.1) is 0 Å². The Morgan fingerprint density at radius 1 is 1.07 bits per heavy atom. The van der Waals surface area contributed by atoms with Crippen molar-refractivity contribution in [3.05, 3.63) is 60.7 Å². The number of rotatable bonds is 5. The van der Waals surface area contributed by atoms with Gasteiger partial charge in [-0.1, -0.05) is 31.9 Å². The lowest BCUT2D eigenvalue weighted by Crippen LogP contribution is -2.41. The second-order valence-electron chi connectivity index (χ2n) is 7.24. The third-order valence-electron chi connectivity index (χ3n) is 5.30. The molecule has 1 saturated carbocycles. The highest BCUT2D eigenvalue weighted by atomic mass is 16.2. The van der Waals surface area contributed by atoms with Crippen LogP contribution in [0.2, 0.25) is 0 Å². The van der Waals surface area contributed by atoms with Crippen LogP contribution in [0.5, 0.6) is 0 Å². The molecule has 7 nitrogen and oxygen atoms in total. The highest BCUT2D eigenvalue weighted by Crippen LogP contribution is 2.31. The average Bonchev–Trinajstić information content (AvgIpc) is 3.23. The molecule has 0 bridgehead atoms. The number of fused-ring (bicyclic) bond motifs is 1. The van der Waals surface area contributed by atoms with E-state index in [0.29, 0.717) is 16.8 Å². The van der Waals surface area contributed by atoms with Crippen LogP contribution in [-0.4, -0.2) is 33.3 Å². The van der Waals surface area contributed by atoms with E-state index in [-0.39, 0.29) is 17.9 Å². The van der Waals surface area contributed by atoms with Crippen LogP contribution in [0.4, 0.5) is 11.4 Å². The number of carbonyl (C=O) groups is 2. The molecule has 4 rings (SSSR count). The number of hydrogen-bond acceptors (Lipinski definition) is 4. The smallest absolute Gasteiger partial charge is 0.258 e. The monoisotopic (exact) mass is 389 g/mol. The van der Waals surface area contributed by atoms with Gasteiger partial charge in [-0.2, -0.15) is 15.4 Å². The van der Waals surface area contributed by atoms with Crippen molar-refractivity contribution in [1.82, 2.24) is 15.4 Å². The summed E-state index contributed by atoms with van der Waals surface area (Å²) in [5.74, 6) is -0.358. The normalized spacial score (nSPS) is 14.5. The molecule has 148 valence electrons. The standard InChI is InChI=1S/C22H23N5O2/c1-2-21(28)23-16-7-6-10-18(14-16)27(17-8-4-3-5-9-17)22(29)15-11-12-19-20(13-15)25-26-24-19/h2,6-7,10-14,17H,1,3-5,8-9H2,(H,23,28)(H,24,25,26). The van der Waals surface area contributed by atoms with Crippen molar-refractivity contribution in [2.24, 2.45) is 0 Å². The van der Waals surface area contributed by atoms with Crippen molar-refractivity contribution in [3.63, 3.8) is 0 Å². The molecule has 1 aliphatic carbocycles. The number of nitrogens with one attached hydrogen (secondary N) is 2. The van der Waals surface area contributed by atoms with Crippen LogP contribution in [0.25, 0.3) is 11.0 Å². The molecule has 29 heavy (non-hydrogen) atoms. The Morgan fingerprint density at radius 2 is 1.86 bits per heavy atom. The number of H-pyrrole nitrogens is 1. The van der Waals surface area contributed by atoms with Crippen molar-refractivity contribution in [1.29, 1.82) is 0 Å². The predicted octanol–water partition coefficient (Wildman–Crippen LogP) is 4.06. The van der Waals surface area contributed by atoms with E-state index < -0.39 is 0 Å². The molecule has 0 aliphatic heterocycles. The van der Waals surface area contributed by atoms with Crippen LogP contribution >= 0.6 is 0 Å². The van der Waals surface area contributed by atoms with E-state index in [1.807, 2.05) is 23.1 Å². The molecule has 2 aromatic carbocycles. The molecule has 0 unspecified atom stereocenters. The number of amides is 2. The van der Waals surface area contributed by atoms with Gasteiger partial charge in [0.15, 0.2) is 0 Å². The van der Waals surface area contributed by atoms with Crippen molar-refractivity contribution >= 4 is 34.2 Å². The Morgan fingerprint density at radius 3 is 2.66 bits per heavy atom. The highest BCUT2D eigenvalue weighted by Gasteiger charge is 2.28. The molecule has 0 radical (unpaired) electrons. The fourth-order valence-corrected chi connectivity index (χ4v) is 3.87. The summed E-state index contributed by atoms with van der Waals surface area (Å²) in [5.41, 5.74) is 3.35. The average molecular weight is 389 g/mol. The van der Waals surface area contributed by atoms with Crippen molar-refractivity contribution < 1.29 is 9.59 Å². The molecular weight excluding hydrogens is 366 g/mol. The summed E-state index contributed by atoms with van der Waals surface area (Å²) in [4.78, 5) is 27.1. The summed E-state index contributed by atoms with van der Waals surface area (Å²) >= 11 is 0. The van der Waals surface area contributed by atoms with E-state index in [1.165, 1.54) is 12.5 Å². The van der Waals surface area contributed by atoms with Crippen molar-refractivity contribution in [3.8, 4) is 0 Å². The van der Waals surface area contributed by atoms with Gasteiger partial charge in [-0.3, -0.25) is 9.59 Å². The van der Waals surface area contributed by atoms with Crippen LogP contribution < -0.4 is 10.2 Å². The van der Waals surface area contributed by atoms with E-state index in [0.717, 1.165) is 36.9 Å². The van der Waals surface area contributed by atoms with Crippen LogP contribution in [-0.2, 0) is 4.79 Å². The Kier molecular flexibility index (Phi) is 5.37. The lowest BCUT2D eigenvalue weighted by Gasteiger charge is -2.34. The second kappa shape index (κ2) is 8.26. The molecule has 1 aromatic heterocycles. The highest BCUT2D eigenvalue weighted by molar-refractivity contribution is 6.08. The van der Waals surface area contributed by atoms with Gasteiger partial charge in [0.2, 0.25) is 5.91 Å². The third-order valence-corrected chi connectivity index (χ3v) is 5.30. The Hall–Kier alpha value is -3.48. The number of nitrogens with zero attached hydrogens (tertiary/aromatic N) is 3. The lowest BCUT2D eigenvalue weighted by molar-refractivity contribution is -0.111. The van der Waals surface area contributed by atoms with Gasteiger partial charge in [0.25, 0.3) is 5.91 Å². The molecule has 7 heteroatoms. The first kappa shape index (κ1) is 18.9. The Labute approximate surface area is 168 Å². The van der Waals surface area contributed by atoms with Crippen LogP contribution in [0.3, 0.4) is 0 Å². The number of carbonyl (C=O) groups excluding carboxylic acids is 2. The molecule has 1 heterocycles. The summed E-state index contributed by atoms with van der Waals surface area (Å²) in [6.07, 6.45) is 6.54. The van der Waals surface area contributed by atoms with Crippen molar-refractivity contribution in [2.45, 2.75) is 38.1 Å². The number of aromatic amines is 1. The zero-order chi connectivity index (χ0) is 20.2. The van der Waals surface area contributed by atoms with E-state index in [9.17, 15) is 9.59 Å². The van der Waals surface area contributed by atoms with Gasteiger partial charge < -0.3 is 10.2 Å². The first-order chi connectivity index (χ1) is 14.2. The van der Waals surface area contributed by atoms with E-state index >= 15 is 0 Å². The molecule has 2 amide bonds. The zero-order valence-electron chi connectivity index (χ0n) is 16.1. The predicted molar refractivity (Wildman–Crippen MR) is 113 cm³/mol. The molecule has 1 fully saturated rings. The summed E-state index contributed by atoms with van der Waals surface area (Å²) in [6, 6.07) is 12.9. The largest absolute Gasteiger partial charge is 0.322 e. The molecule has 0 spiro atoms. The van der Waals surface area contributed by atoms with Gasteiger partial charge >= 0.3 is 0 Å². The van der Waals surface area contributed by atoms with E-state index in [4.69, 9.17) is 0 Å². The SMILES string of the molecule is C=CC(=O)Nc1cccc(N(C(=O)c2ccc3n[nH]nc3c2)C2CCCCC2)c1. The number of anilines is 2. The fourth-order valence-electron chi connectivity index (χ4n) is 3.87. The first-order valence-corrected chi connectivity index (χ1v) is 9.83. The summed E-state index contributed by atoms with van der Waals surface area (Å²) in [7, 11) is 0. The van der Waals surface area contributed by atoms with E-state index in [2.05, 4.69) is 27.3 Å². The quantitative estimate of drug-likeness (QED) is 0.644. The summed E-state index contributed by atoms with van der Waals surface area (Å²) in [5, 5.41) is 13.5. The first-order valence-electron chi connectivity index (χ1n) is 9.83. The molecule has 1 aliphatic rings. The minimum absolute atomic E-state index is 0.0750. The molecule has 3 aromatic rings. The maximum Gasteiger partial charge on any atom is 0.258 e. The number of benzene rings is 2. The minimum atomic E-state index is -0.283. The third kappa shape index (κ3) is 4.03. The summed E-state index contributed by atoms with van der Waals surface area (Å²) < 4.78 is 0. The van der Waals surface area contributed by atoms with Gasteiger partial charge in [-0.25, -0.2) is 0 Å². The molecular formula is C22H23N5O2. The van der Waals surface area contributed by atoms with Gasteiger partial charge in [0.1, 0.15) is 11.0 Å². The van der Waals surface area contributed by atoms with Crippen molar-refractivity contribution in [2.75, 3.05) is 10.2 Å². The molecule has 0 atom stereocenters. The maximum atomic E-state index is 13.6. The number of hydrogen-bond donors (Lipinski definition) is 2. The topological polar surface area (TPSA) is 91.0 Å². The van der Waals surface area contributed by atoms with E-state index in [1.54, 1.807) is 24.3 Å². The molecule has 0 saturated heterocycles. The Balaban J connectivity index is 1.71. The lowest BCUT2D eigenvalue weighted by atomic mass is 9.93. The molecule has 2 N–H and O–H groups in total. The van der Waals surface area contributed by atoms with Crippen LogP contribution in [0, 0.1) is 0 Å². The fraction of sp³-hybridized carbons (Fsp3) is 0.273. The summed E-state index contributed by atoms with van der Waals surface area (Å²) in [6.45, 7) is 3.49. The van der Waals surface area contributed by atoms with Gasteiger partial charge in [-0.15, -0.1) is 0 Å². The van der Waals surface area contributed by atoms with Crippen LogP contribution in [0.15, 0.2) is 55.1 Å². The van der Waals surface area contributed by atoms with Crippen LogP contribution in [0.1, 0.15) is 42.5 Å². The maximum absolute atomic E-state index is 13.6. The van der Waals surface area contributed by atoms with Gasteiger partial charge in [-0.05, 0) is 55.3 Å². The second-order valence-corrected chi connectivity index (χ2v) is 7.24.